The second-order valence-electron chi connectivity index (χ2n) is 9.58. The van der Waals surface area contributed by atoms with Gasteiger partial charge >= 0.3 is 11.9 Å². The summed E-state index contributed by atoms with van der Waals surface area (Å²) in [6, 6.07) is 0. The topological polar surface area (TPSA) is 83.0 Å². The zero-order valence-electron chi connectivity index (χ0n) is 17.3. The molecule has 0 atom stereocenters. The molecular weight excluding hydrogens is 356 g/mol. The number of hydrogen-bond acceptors (Lipinski definition) is 5. The molecule has 0 saturated heterocycles. The number of hydrogen-bond donors (Lipinski definition) is 1. The Morgan fingerprint density at radius 3 is 1.43 bits per heavy atom. The molecule has 6 heteroatoms. The van der Waals surface area contributed by atoms with Gasteiger partial charge in [0.25, 0.3) is 0 Å². The number of nitrogens with two attached hydrogens (primary N) is 1. The van der Waals surface area contributed by atoms with Gasteiger partial charge in [-0.25, -0.2) is 6.57 Å². The van der Waals surface area contributed by atoms with E-state index in [1.54, 1.807) is 0 Å². The van der Waals surface area contributed by atoms with Crippen LogP contribution in [-0.2, 0) is 19.1 Å². The summed E-state index contributed by atoms with van der Waals surface area (Å²) in [5, 5.41) is 0. The van der Waals surface area contributed by atoms with E-state index in [0.29, 0.717) is 5.41 Å². The van der Waals surface area contributed by atoms with Gasteiger partial charge in [0.05, 0.1) is 25.0 Å². The van der Waals surface area contributed by atoms with Crippen LogP contribution >= 0.6 is 0 Å². The SMILES string of the molecule is COC(=O)C12CCC(CN)(CC1)CC2.[C-]#[N+]C12CCC(C(=O)OC)(CC1)CC2. The van der Waals surface area contributed by atoms with Crippen LogP contribution in [0.4, 0.5) is 0 Å². The van der Waals surface area contributed by atoms with Crippen LogP contribution in [0.2, 0.25) is 0 Å². The van der Waals surface area contributed by atoms with Crippen molar-refractivity contribution in [3.8, 4) is 0 Å². The molecule has 2 N–H and O–H groups in total. The number of carbonyl (C=O) groups is 2. The van der Waals surface area contributed by atoms with Crippen LogP contribution in [0.1, 0.15) is 77.0 Å². The smallest absolute Gasteiger partial charge is 0.311 e. The zero-order chi connectivity index (χ0) is 20.5. The lowest BCUT2D eigenvalue weighted by Crippen LogP contribution is -2.49. The first-order valence-electron chi connectivity index (χ1n) is 10.6. The predicted octanol–water partition coefficient (Wildman–Crippen LogP) is 3.63. The molecule has 0 spiro atoms. The van der Waals surface area contributed by atoms with E-state index < -0.39 is 0 Å². The molecule has 0 heterocycles. The summed E-state index contributed by atoms with van der Waals surface area (Å²) in [5.41, 5.74) is 5.65. The Morgan fingerprint density at radius 1 is 0.786 bits per heavy atom. The van der Waals surface area contributed by atoms with Crippen molar-refractivity contribution in [2.45, 2.75) is 82.6 Å². The van der Waals surface area contributed by atoms with Crippen molar-refractivity contribution in [1.29, 1.82) is 0 Å². The first-order valence-corrected chi connectivity index (χ1v) is 10.6. The summed E-state index contributed by atoms with van der Waals surface area (Å²) in [6.45, 7) is 7.98. The highest BCUT2D eigenvalue weighted by Crippen LogP contribution is 2.57. The summed E-state index contributed by atoms with van der Waals surface area (Å²) in [5.74, 6) is -0.0568. The fourth-order valence-corrected chi connectivity index (χ4v) is 5.95. The Balaban J connectivity index is 0.000000161. The number of ether oxygens (including phenoxy) is 2. The fraction of sp³-hybridized carbons (Fsp3) is 0.864. The van der Waals surface area contributed by atoms with E-state index in [1.807, 2.05) is 0 Å². The van der Waals surface area contributed by atoms with Gasteiger partial charge in [0.15, 0.2) is 0 Å². The van der Waals surface area contributed by atoms with Crippen LogP contribution in [0.5, 0.6) is 0 Å². The quantitative estimate of drug-likeness (QED) is 0.588. The van der Waals surface area contributed by atoms with Gasteiger partial charge in [0, 0.05) is 19.3 Å². The predicted molar refractivity (Wildman–Crippen MR) is 105 cm³/mol. The highest BCUT2D eigenvalue weighted by molar-refractivity contribution is 5.77. The molecule has 28 heavy (non-hydrogen) atoms. The van der Waals surface area contributed by atoms with E-state index in [1.165, 1.54) is 14.2 Å². The van der Waals surface area contributed by atoms with Crippen LogP contribution in [0.15, 0.2) is 0 Å². The molecule has 0 aromatic carbocycles. The lowest BCUT2D eigenvalue weighted by Gasteiger charge is -2.51. The normalized spacial score (nSPS) is 40.6. The third-order valence-corrected chi connectivity index (χ3v) is 8.52. The average Bonchev–Trinajstić information content (AvgIpc) is 2.80. The Kier molecular flexibility index (Phi) is 5.78. The molecule has 6 fully saturated rings. The summed E-state index contributed by atoms with van der Waals surface area (Å²) in [4.78, 5) is 27.1. The molecular formula is C22H34N2O4. The lowest BCUT2D eigenvalue weighted by molar-refractivity contribution is -0.162. The Morgan fingerprint density at radius 2 is 1.14 bits per heavy atom. The highest BCUT2D eigenvalue weighted by Gasteiger charge is 2.57. The maximum Gasteiger partial charge on any atom is 0.311 e. The third-order valence-electron chi connectivity index (χ3n) is 8.52. The van der Waals surface area contributed by atoms with E-state index in [9.17, 15) is 9.59 Å². The molecule has 156 valence electrons. The number of methoxy groups -OCH3 is 2. The summed E-state index contributed by atoms with van der Waals surface area (Å²) < 4.78 is 9.76. The first-order chi connectivity index (χ1) is 13.3. The van der Waals surface area contributed by atoms with Gasteiger partial charge in [0.2, 0.25) is 5.54 Å². The maximum absolute atomic E-state index is 11.7. The van der Waals surface area contributed by atoms with Crippen molar-refractivity contribution in [1.82, 2.24) is 0 Å². The Labute approximate surface area is 168 Å². The lowest BCUT2D eigenvalue weighted by atomic mass is 9.54. The van der Waals surface area contributed by atoms with Crippen molar-refractivity contribution < 1.29 is 19.1 Å². The summed E-state index contributed by atoms with van der Waals surface area (Å²) >= 11 is 0. The molecule has 6 aliphatic carbocycles. The van der Waals surface area contributed by atoms with Crippen LogP contribution < -0.4 is 5.73 Å². The third kappa shape index (κ3) is 3.43. The molecule has 0 aliphatic heterocycles. The molecule has 0 radical (unpaired) electrons. The standard InChI is InChI=1S/C11H15NO2.C11H19NO2/c1-12-11-6-3-10(4-7-11,5-8-11)9(13)14-2;1-14-9(13)11-5-2-10(8-12,3-6-11)4-7-11/h3-8H2,2H3;2-8,12H2,1H3. The minimum atomic E-state index is -0.235. The van der Waals surface area contributed by atoms with E-state index in [-0.39, 0.29) is 28.3 Å². The minimum absolute atomic E-state index is 0.00261. The van der Waals surface area contributed by atoms with Gasteiger partial charge in [0.1, 0.15) is 0 Å². The number of carbonyl (C=O) groups excluding carboxylic acids is 2. The maximum atomic E-state index is 11.7. The first kappa shape index (κ1) is 21.1. The van der Waals surface area contributed by atoms with Gasteiger partial charge in [-0.3, -0.25) is 9.59 Å². The van der Waals surface area contributed by atoms with Crippen LogP contribution in [0.25, 0.3) is 4.85 Å². The Hall–Kier alpha value is -1.61. The van der Waals surface area contributed by atoms with Crippen molar-refractivity contribution in [3.63, 3.8) is 0 Å². The molecule has 0 aromatic heterocycles. The largest absolute Gasteiger partial charge is 0.469 e. The fourth-order valence-electron chi connectivity index (χ4n) is 5.95. The monoisotopic (exact) mass is 390 g/mol. The second-order valence-corrected chi connectivity index (χ2v) is 9.58. The molecule has 6 saturated carbocycles. The van der Waals surface area contributed by atoms with Crippen LogP contribution in [0, 0.1) is 22.8 Å². The number of rotatable bonds is 3. The van der Waals surface area contributed by atoms with Crippen LogP contribution in [0.3, 0.4) is 0 Å². The van der Waals surface area contributed by atoms with Gasteiger partial charge < -0.3 is 20.1 Å². The van der Waals surface area contributed by atoms with E-state index >= 15 is 0 Å². The molecule has 6 rings (SSSR count). The number of esters is 2. The van der Waals surface area contributed by atoms with Gasteiger partial charge in [-0.2, -0.15) is 0 Å². The average molecular weight is 391 g/mol. The van der Waals surface area contributed by atoms with Crippen LogP contribution in [-0.4, -0.2) is 38.2 Å². The number of fused-ring (bicyclic) bond motifs is 6. The molecule has 0 amide bonds. The minimum Gasteiger partial charge on any atom is -0.469 e. The van der Waals surface area contributed by atoms with Crippen molar-refractivity contribution >= 4 is 11.9 Å². The molecule has 4 bridgehead atoms. The van der Waals surface area contributed by atoms with Gasteiger partial charge in [-0.05, 0) is 69.7 Å². The number of nitrogens with zero attached hydrogens (tertiary/aromatic N) is 1. The van der Waals surface area contributed by atoms with E-state index in [4.69, 9.17) is 21.8 Å². The Bertz CT molecular complexity index is 617. The molecule has 6 aliphatic rings. The molecule has 0 unspecified atom stereocenters. The molecule has 0 aromatic rings. The van der Waals surface area contributed by atoms with Crippen molar-refractivity contribution in [3.05, 3.63) is 11.4 Å². The highest BCUT2D eigenvalue weighted by atomic mass is 16.5. The van der Waals surface area contributed by atoms with Gasteiger partial charge in [-0.1, -0.05) is 0 Å². The molecule has 6 nitrogen and oxygen atoms in total. The summed E-state index contributed by atoms with van der Waals surface area (Å²) in [7, 11) is 2.96. The zero-order valence-corrected chi connectivity index (χ0v) is 17.3. The van der Waals surface area contributed by atoms with E-state index in [2.05, 4.69) is 4.85 Å². The van der Waals surface area contributed by atoms with E-state index in [0.717, 1.165) is 83.6 Å². The second kappa shape index (κ2) is 7.67. The van der Waals surface area contributed by atoms with Crippen molar-refractivity contribution in [2.75, 3.05) is 20.8 Å². The van der Waals surface area contributed by atoms with Crippen molar-refractivity contribution in [2.24, 2.45) is 22.0 Å². The van der Waals surface area contributed by atoms with Gasteiger partial charge in [-0.15, -0.1) is 0 Å². The summed E-state index contributed by atoms with van der Waals surface area (Å²) in [6.07, 6.45) is 11.5.